The maximum atomic E-state index is 13.1. The summed E-state index contributed by atoms with van der Waals surface area (Å²) >= 11 is 0. The van der Waals surface area contributed by atoms with Gasteiger partial charge in [-0.1, -0.05) is 352 Å². The highest BCUT2D eigenvalue weighted by molar-refractivity contribution is 7.47. The van der Waals surface area contributed by atoms with Gasteiger partial charge in [0, 0.05) is 6.42 Å². The van der Waals surface area contributed by atoms with E-state index in [0.717, 1.165) is 51.4 Å². The van der Waals surface area contributed by atoms with Crippen molar-refractivity contribution in [1.29, 1.82) is 0 Å². The van der Waals surface area contributed by atoms with E-state index < -0.39 is 20.0 Å². The van der Waals surface area contributed by atoms with Gasteiger partial charge < -0.3 is 19.8 Å². The summed E-state index contributed by atoms with van der Waals surface area (Å²) in [7, 11) is 1.64. The summed E-state index contributed by atoms with van der Waals surface area (Å²) in [6.07, 6.45) is 85.5. The number of aliphatic hydroxyl groups excluding tert-OH is 1. The van der Waals surface area contributed by atoms with Crippen molar-refractivity contribution in [3.05, 3.63) is 36.5 Å². The third-order valence-corrected chi connectivity index (χ3v) is 17.9. The lowest BCUT2D eigenvalue weighted by atomic mass is 10.0. The summed E-state index contributed by atoms with van der Waals surface area (Å²) in [5, 5.41) is 14.1. The summed E-state index contributed by atoms with van der Waals surface area (Å²) in [5.74, 6) is -0.136. The number of hydrogen-bond acceptors (Lipinski definition) is 5. The lowest BCUT2D eigenvalue weighted by Gasteiger charge is -2.26. The molecule has 0 spiro atoms. The van der Waals surface area contributed by atoms with Crippen LogP contribution in [-0.2, 0) is 18.4 Å². The second kappa shape index (κ2) is 64.2. The Morgan fingerprint density at radius 1 is 0.415 bits per heavy atom. The smallest absolute Gasteiger partial charge is 0.391 e. The Labute approximate surface area is 512 Å². The number of quaternary nitrogens is 1. The molecule has 3 N–H and O–H groups in total. The molecule has 0 aromatic rings. The van der Waals surface area contributed by atoms with Gasteiger partial charge in [0.05, 0.1) is 39.9 Å². The Morgan fingerprint density at radius 3 is 1.01 bits per heavy atom. The number of nitrogens with one attached hydrogen (secondary N) is 1. The van der Waals surface area contributed by atoms with Gasteiger partial charge in [-0.3, -0.25) is 13.8 Å². The average Bonchev–Trinajstić information content (AvgIpc) is 3.46. The van der Waals surface area contributed by atoms with Crippen molar-refractivity contribution in [2.24, 2.45) is 0 Å². The number of amides is 1. The minimum Gasteiger partial charge on any atom is -0.391 e. The molecule has 0 radical (unpaired) electrons. The minimum atomic E-state index is -4.33. The third kappa shape index (κ3) is 66.2. The van der Waals surface area contributed by atoms with E-state index in [9.17, 15) is 19.4 Å². The van der Waals surface area contributed by atoms with Crippen LogP contribution in [0.15, 0.2) is 36.5 Å². The van der Waals surface area contributed by atoms with Crippen molar-refractivity contribution in [3.63, 3.8) is 0 Å². The zero-order chi connectivity index (χ0) is 59.8. The number of phosphoric acid groups is 1. The summed E-state index contributed by atoms with van der Waals surface area (Å²) in [5.41, 5.74) is 0. The molecule has 3 unspecified atom stereocenters. The molecule has 0 aromatic carbocycles. The van der Waals surface area contributed by atoms with Gasteiger partial charge in [-0.25, -0.2) is 4.57 Å². The minimum absolute atomic E-state index is 0.0774. The Kier molecular flexibility index (Phi) is 63.2. The number of aliphatic hydroxyl groups is 1. The summed E-state index contributed by atoms with van der Waals surface area (Å²) < 4.78 is 23.9. The molecule has 82 heavy (non-hydrogen) atoms. The van der Waals surface area contributed by atoms with E-state index in [1.807, 2.05) is 21.1 Å². The molecular weight excluding hydrogens is 1030 g/mol. The molecule has 9 heteroatoms. The normalized spacial score (nSPS) is 13.8. The standard InChI is InChI=1S/C73H143N2O6P/c1-6-8-10-12-14-16-18-20-22-24-26-28-29-30-31-32-33-34-35-36-37-38-39-40-41-42-43-44-45-47-49-51-53-55-57-59-61-63-65-67-73(77)74-71(70-81-82(78,79)80-69-68-75(3,4)5)72(76)66-64-62-60-58-56-54-52-50-48-46-27-25-23-21-19-17-15-13-11-9-7-2/h18,20,24,26,29-30,71-72,76H,6-17,19,21-23,25,27-28,31-70H2,1-5H3,(H-,74,77,78,79)/p+1/b20-18-,26-24-,30-29-. The maximum absolute atomic E-state index is 13.1. The van der Waals surface area contributed by atoms with Crippen LogP contribution in [0.25, 0.3) is 0 Å². The van der Waals surface area contributed by atoms with Crippen LogP contribution >= 0.6 is 7.82 Å². The predicted molar refractivity (Wildman–Crippen MR) is 360 cm³/mol. The molecule has 0 aliphatic rings. The molecule has 0 aromatic heterocycles. The zero-order valence-electron chi connectivity index (χ0n) is 55.8. The fraction of sp³-hybridized carbons (Fsp3) is 0.904. The van der Waals surface area contributed by atoms with Gasteiger partial charge in [-0.05, 0) is 51.4 Å². The highest BCUT2D eigenvalue weighted by Gasteiger charge is 2.28. The molecule has 486 valence electrons. The highest BCUT2D eigenvalue weighted by atomic mass is 31.2. The second-order valence-electron chi connectivity index (χ2n) is 26.3. The van der Waals surface area contributed by atoms with Crippen molar-refractivity contribution in [2.45, 2.75) is 386 Å². The van der Waals surface area contributed by atoms with Crippen LogP contribution in [-0.4, -0.2) is 73.4 Å². The number of phosphoric ester groups is 1. The van der Waals surface area contributed by atoms with Gasteiger partial charge in [0.2, 0.25) is 5.91 Å². The van der Waals surface area contributed by atoms with Crippen LogP contribution in [0.1, 0.15) is 373 Å². The first-order chi connectivity index (χ1) is 40.0. The van der Waals surface area contributed by atoms with E-state index in [2.05, 4.69) is 55.6 Å². The molecule has 8 nitrogen and oxygen atoms in total. The summed E-state index contributed by atoms with van der Waals surface area (Å²) in [4.78, 5) is 23.5. The van der Waals surface area contributed by atoms with Crippen molar-refractivity contribution in [3.8, 4) is 0 Å². The Morgan fingerprint density at radius 2 is 0.695 bits per heavy atom. The molecule has 0 bridgehead atoms. The second-order valence-corrected chi connectivity index (χ2v) is 27.8. The maximum Gasteiger partial charge on any atom is 0.472 e. The largest absolute Gasteiger partial charge is 0.472 e. The molecule has 0 rings (SSSR count). The molecule has 0 heterocycles. The fourth-order valence-electron chi connectivity index (χ4n) is 11.2. The number of unbranched alkanes of at least 4 members (excludes halogenated alkanes) is 49. The topological polar surface area (TPSA) is 105 Å². The molecular formula is C73H144N2O6P+. The third-order valence-electron chi connectivity index (χ3n) is 16.9. The Bertz CT molecular complexity index is 1430. The fourth-order valence-corrected chi connectivity index (χ4v) is 12.0. The van der Waals surface area contributed by atoms with E-state index >= 15 is 0 Å². The lowest BCUT2D eigenvalue weighted by Crippen LogP contribution is -2.46. The van der Waals surface area contributed by atoms with Crippen LogP contribution in [0.5, 0.6) is 0 Å². The monoisotopic (exact) mass is 1180 g/mol. The van der Waals surface area contributed by atoms with Crippen molar-refractivity contribution in [2.75, 3.05) is 40.9 Å². The van der Waals surface area contributed by atoms with Gasteiger partial charge >= 0.3 is 7.82 Å². The van der Waals surface area contributed by atoms with Crippen LogP contribution in [0.4, 0.5) is 0 Å². The van der Waals surface area contributed by atoms with Crippen LogP contribution in [0.2, 0.25) is 0 Å². The van der Waals surface area contributed by atoms with Crippen LogP contribution in [0.3, 0.4) is 0 Å². The molecule has 1 amide bonds. The highest BCUT2D eigenvalue weighted by Crippen LogP contribution is 2.43. The zero-order valence-corrected chi connectivity index (χ0v) is 56.7. The lowest BCUT2D eigenvalue weighted by molar-refractivity contribution is -0.870. The number of likely N-dealkylation sites (N-methyl/N-ethyl adjacent to an activating group) is 1. The molecule has 3 atom stereocenters. The summed E-state index contributed by atoms with van der Waals surface area (Å²) in [6, 6.07) is -0.759. The van der Waals surface area contributed by atoms with Crippen molar-refractivity contribution >= 4 is 13.7 Å². The van der Waals surface area contributed by atoms with Gasteiger partial charge in [0.15, 0.2) is 0 Å². The predicted octanol–water partition coefficient (Wildman–Crippen LogP) is 23.2. The van der Waals surface area contributed by atoms with Gasteiger partial charge in [-0.15, -0.1) is 0 Å². The molecule has 0 fully saturated rings. The van der Waals surface area contributed by atoms with Crippen molar-refractivity contribution in [1.82, 2.24) is 5.32 Å². The van der Waals surface area contributed by atoms with E-state index in [1.54, 1.807) is 0 Å². The molecule has 0 saturated carbocycles. The van der Waals surface area contributed by atoms with Crippen LogP contribution in [0, 0.1) is 0 Å². The number of allylic oxidation sites excluding steroid dienone is 6. The number of hydrogen-bond donors (Lipinski definition) is 3. The molecule has 0 aliphatic heterocycles. The van der Waals surface area contributed by atoms with Gasteiger partial charge in [0.1, 0.15) is 13.2 Å². The first-order valence-corrected chi connectivity index (χ1v) is 37.8. The SMILES string of the molecule is CCCCCCC/C=C\C/C=C\C/C=C\CCCCCCCCCCCCCCCCCCCCCCCCCCC(=O)NC(COP(=O)(O)OCC[N+](C)(C)C)C(O)CCCCCCCCCCCCCCCCCCCCCCC. The van der Waals surface area contributed by atoms with Gasteiger partial charge in [0.25, 0.3) is 0 Å². The van der Waals surface area contributed by atoms with E-state index in [-0.39, 0.29) is 19.1 Å². The van der Waals surface area contributed by atoms with E-state index in [4.69, 9.17) is 9.05 Å². The Balaban J connectivity index is 3.91. The quantitative estimate of drug-likeness (QED) is 0.0243. The van der Waals surface area contributed by atoms with E-state index in [1.165, 1.54) is 295 Å². The Hall–Kier alpha value is -1.28. The number of rotatable bonds is 68. The number of carbonyl (C=O) groups is 1. The van der Waals surface area contributed by atoms with Crippen LogP contribution < -0.4 is 5.32 Å². The van der Waals surface area contributed by atoms with Gasteiger partial charge in [-0.2, -0.15) is 0 Å². The van der Waals surface area contributed by atoms with Crippen molar-refractivity contribution < 1.29 is 32.9 Å². The molecule has 0 aliphatic carbocycles. The number of carbonyl (C=O) groups excluding carboxylic acids is 1. The van der Waals surface area contributed by atoms with E-state index in [0.29, 0.717) is 23.9 Å². The summed E-state index contributed by atoms with van der Waals surface area (Å²) in [6.45, 7) is 4.93. The first kappa shape index (κ1) is 80.7. The molecule has 0 saturated heterocycles. The number of nitrogens with zero attached hydrogens (tertiary/aromatic N) is 1. The first-order valence-electron chi connectivity index (χ1n) is 36.4. The average molecular weight is 1180 g/mol.